The van der Waals surface area contributed by atoms with E-state index in [1.54, 1.807) is 6.20 Å². The number of anilines is 4. The summed E-state index contributed by atoms with van der Waals surface area (Å²) in [6.45, 7) is 1.96. The molecule has 1 aliphatic rings. The monoisotopic (exact) mass is 340 g/mol. The Morgan fingerprint density at radius 1 is 1.21 bits per heavy atom. The molecule has 0 unspecified atom stereocenters. The zero-order valence-corrected chi connectivity index (χ0v) is 13.9. The summed E-state index contributed by atoms with van der Waals surface area (Å²) in [5, 5.41) is 14.4. The first kappa shape index (κ1) is 15.0. The van der Waals surface area contributed by atoms with Crippen LogP contribution in [0.15, 0.2) is 36.5 Å². The Labute approximate surface area is 144 Å². The van der Waals surface area contributed by atoms with Crippen molar-refractivity contribution in [3.63, 3.8) is 0 Å². The first-order valence-electron chi connectivity index (χ1n) is 7.86. The first-order valence-corrected chi connectivity index (χ1v) is 8.24. The van der Waals surface area contributed by atoms with Crippen molar-refractivity contribution < 1.29 is 0 Å². The van der Waals surface area contributed by atoms with Gasteiger partial charge in [0.2, 0.25) is 5.95 Å². The van der Waals surface area contributed by atoms with Gasteiger partial charge in [-0.3, -0.25) is 5.10 Å². The van der Waals surface area contributed by atoms with Crippen molar-refractivity contribution in [3.8, 4) is 0 Å². The number of aromatic nitrogens is 4. The van der Waals surface area contributed by atoms with Crippen LogP contribution < -0.4 is 10.6 Å². The Bertz CT molecular complexity index is 871. The molecule has 24 heavy (non-hydrogen) atoms. The highest BCUT2D eigenvalue weighted by Gasteiger charge is 2.26. The Balaban J connectivity index is 1.55. The Hall–Kier alpha value is -2.60. The van der Waals surface area contributed by atoms with Crippen molar-refractivity contribution in [1.82, 2.24) is 20.2 Å². The number of para-hydroxylation sites is 1. The maximum atomic E-state index is 6.17. The second-order valence-electron chi connectivity index (χ2n) is 5.94. The normalized spacial score (nSPS) is 13.8. The fourth-order valence-corrected chi connectivity index (χ4v) is 2.61. The van der Waals surface area contributed by atoms with Crippen molar-refractivity contribution in [3.05, 3.63) is 52.8 Å². The van der Waals surface area contributed by atoms with Gasteiger partial charge in [-0.25, -0.2) is 4.98 Å². The lowest BCUT2D eigenvalue weighted by atomic mass is 10.3. The Kier molecular flexibility index (Phi) is 3.82. The summed E-state index contributed by atoms with van der Waals surface area (Å²) in [6.07, 6.45) is 4.22. The van der Waals surface area contributed by atoms with Crippen LogP contribution in [0, 0.1) is 6.92 Å². The molecule has 0 bridgehead atoms. The third-order valence-corrected chi connectivity index (χ3v) is 4.27. The quantitative estimate of drug-likeness (QED) is 0.636. The molecule has 1 saturated carbocycles. The fraction of sp³-hybridized carbons (Fsp3) is 0.235. The summed E-state index contributed by atoms with van der Waals surface area (Å²) in [6, 6.07) is 9.54. The largest absolute Gasteiger partial charge is 0.325 e. The molecule has 0 amide bonds. The van der Waals surface area contributed by atoms with Gasteiger partial charge in [0.1, 0.15) is 11.6 Å². The lowest BCUT2D eigenvalue weighted by Crippen LogP contribution is -2.03. The number of benzene rings is 1. The smallest absolute Gasteiger partial charge is 0.229 e. The number of rotatable bonds is 5. The van der Waals surface area contributed by atoms with Gasteiger partial charge in [-0.15, -0.1) is 0 Å². The summed E-state index contributed by atoms with van der Waals surface area (Å²) < 4.78 is 0. The van der Waals surface area contributed by atoms with Gasteiger partial charge in [-0.2, -0.15) is 10.1 Å². The van der Waals surface area contributed by atoms with E-state index in [0.717, 1.165) is 28.6 Å². The second kappa shape index (κ2) is 6.13. The number of hydrogen-bond acceptors (Lipinski definition) is 5. The van der Waals surface area contributed by atoms with Crippen molar-refractivity contribution in [2.45, 2.75) is 25.7 Å². The van der Waals surface area contributed by atoms with E-state index < -0.39 is 0 Å². The first-order chi connectivity index (χ1) is 11.7. The fourth-order valence-electron chi connectivity index (χ4n) is 2.43. The molecule has 0 spiro atoms. The number of aromatic amines is 1. The third-order valence-electron chi connectivity index (χ3n) is 3.94. The molecule has 7 heteroatoms. The summed E-state index contributed by atoms with van der Waals surface area (Å²) >= 11 is 6.17. The molecule has 2 heterocycles. The molecule has 2 aromatic heterocycles. The van der Waals surface area contributed by atoms with Crippen LogP contribution in [0.3, 0.4) is 0 Å². The molecule has 3 N–H and O–H groups in total. The molecule has 1 aliphatic carbocycles. The summed E-state index contributed by atoms with van der Waals surface area (Å²) in [7, 11) is 0. The van der Waals surface area contributed by atoms with Gasteiger partial charge < -0.3 is 10.6 Å². The van der Waals surface area contributed by atoms with Crippen LogP contribution in [0.4, 0.5) is 23.3 Å². The van der Waals surface area contributed by atoms with Crippen LogP contribution in [0.25, 0.3) is 0 Å². The van der Waals surface area contributed by atoms with Crippen LogP contribution >= 0.6 is 11.6 Å². The maximum absolute atomic E-state index is 6.17. The van der Waals surface area contributed by atoms with Crippen LogP contribution in [0.5, 0.6) is 0 Å². The molecule has 1 fully saturated rings. The van der Waals surface area contributed by atoms with E-state index in [4.69, 9.17) is 11.6 Å². The van der Waals surface area contributed by atoms with Gasteiger partial charge in [0, 0.05) is 23.7 Å². The molecule has 122 valence electrons. The summed E-state index contributed by atoms with van der Waals surface area (Å²) in [5.41, 5.74) is 2.83. The highest BCUT2D eigenvalue weighted by molar-refractivity contribution is 6.33. The minimum absolute atomic E-state index is 0.484. The topological polar surface area (TPSA) is 78.5 Å². The number of aryl methyl sites for hydroxylation is 1. The highest BCUT2D eigenvalue weighted by Crippen LogP contribution is 2.39. The lowest BCUT2D eigenvalue weighted by Gasteiger charge is -2.10. The number of hydrogen-bond donors (Lipinski definition) is 3. The number of nitrogens with one attached hydrogen (secondary N) is 3. The Morgan fingerprint density at radius 2 is 2.04 bits per heavy atom. The van der Waals surface area contributed by atoms with Gasteiger partial charge in [-0.05, 0) is 31.9 Å². The maximum Gasteiger partial charge on any atom is 0.229 e. The van der Waals surface area contributed by atoms with Gasteiger partial charge >= 0.3 is 0 Å². The number of halogens is 1. The molecule has 0 atom stereocenters. The van der Waals surface area contributed by atoms with Crippen molar-refractivity contribution in [2.24, 2.45) is 0 Å². The predicted octanol–water partition coefficient (Wildman–Crippen LogP) is 4.53. The predicted molar refractivity (Wildman–Crippen MR) is 95.3 cm³/mol. The minimum atomic E-state index is 0.484. The molecule has 0 saturated heterocycles. The molecule has 1 aromatic carbocycles. The molecule has 4 rings (SSSR count). The molecular weight excluding hydrogens is 324 g/mol. The number of H-pyrrole nitrogens is 1. The zero-order chi connectivity index (χ0) is 16.5. The van der Waals surface area contributed by atoms with Crippen LogP contribution in [-0.4, -0.2) is 20.2 Å². The van der Waals surface area contributed by atoms with E-state index in [1.807, 2.05) is 37.3 Å². The Morgan fingerprint density at radius 3 is 2.83 bits per heavy atom. The third kappa shape index (κ3) is 3.19. The van der Waals surface area contributed by atoms with Gasteiger partial charge in [0.25, 0.3) is 0 Å². The lowest BCUT2D eigenvalue weighted by molar-refractivity contribution is 0.966. The van der Waals surface area contributed by atoms with Crippen LogP contribution in [-0.2, 0) is 0 Å². The highest BCUT2D eigenvalue weighted by atomic mass is 35.5. The van der Waals surface area contributed by atoms with E-state index in [0.29, 0.717) is 16.9 Å². The molecule has 6 nitrogen and oxygen atoms in total. The number of nitrogens with zero attached hydrogens (tertiary/aromatic N) is 3. The minimum Gasteiger partial charge on any atom is -0.325 e. The van der Waals surface area contributed by atoms with E-state index in [1.165, 1.54) is 12.8 Å². The van der Waals surface area contributed by atoms with Crippen molar-refractivity contribution >= 4 is 34.9 Å². The molecule has 3 aromatic rings. The average molecular weight is 341 g/mol. The summed E-state index contributed by atoms with van der Waals surface area (Å²) in [4.78, 5) is 8.85. The van der Waals surface area contributed by atoms with Crippen LogP contribution in [0.1, 0.15) is 30.0 Å². The SMILES string of the molecule is Cc1cnc(Nc2ccccc2Cl)nc1Nc1cc(C2CC2)n[nH]1. The van der Waals surface area contributed by atoms with Crippen molar-refractivity contribution in [2.75, 3.05) is 10.6 Å². The van der Waals surface area contributed by atoms with Gasteiger partial charge in [0.05, 0.1) is 16.4 Å². The summed E-state index contributed by atoms with van der Waals surface area (Å²) in [5.74, 6) is 2.66. The van der Waals surface area contributed by atoms with Gasteiger partial charge in [-0.1, -0.05) is 23.7 Å². The average Bonchev–Trinajstić information content (AvgIpc) is 3.33. The van der Waals surface area contributed by atoms with E-state index in [2.05, 4.69) is 30.8 Å². The second-order valence-corrected chi connectivity index (χ2v) is 6.34. The standard InChI is InChI=1S/C17H17ClN6/c1-10-9-19-17(20-13-5-3-2-4-12(13)18)22-16(10)21-15-8-14(23-24-15)11-6-7-11/h2-5,8-9,11H,6-7H2,1H3,(H3,19,20,21,22,23,24). The van der Waals surface area contributed by atoms with Crippen LogP contribution in [0.2, 0.25) is 5.02 Å². The van der Waals surface area contributed by atoms with E-state index >= 15 is 0 Å². The van der Waals surface area contributed by atoms with E-state index in [-0.39, 0.29) is 0 Å². The molecular formula is C17H17ClN6. The zero-order valence-electron chi connectivity index (χ0n) is 13.2. The molecule has 0 radical (unpaired) electrons. The molecule has 0 aliphatic heterocycles. The van der Waals surface area contributed by atoms with E-state index in [9.17, 15) is 0 Å². The van der Waals surface area contributed by atoms with Gasteiger partial charge in [0.15, 0.2) is 0 Å². The van der Waals surface area contributed by atoms with Crippen molar-refractivity contribution in [1.29, 1.82) is 0 Å².